The van der Waals surface area contributed by atoms with Crippen LogP contribution in [0, 0.1) is 0 Å². The SMILES string of the molecule is Nc1nc(N2CCN(C(=O)Cc3ccc(Cl)cc3)CC2)c2[nH]c(-c3ccc(O)cc3)nc2n1. The summed E-state index contributed by atoms with van der Waals surface area (Å²) < 4.78 is 0. The number of H-pyrrole nitrogens is 1. The molecular formula is C23H22ClN7O2. The Labute approximate surface area is 194 Å². The lowest BCUT2D eigenvalue weighted by Crippen LogP contribution is -2.49. The van der Waals surface area contributed by atoms with Gasteiger partial charge in [-0.15, -0.1) is 0 Å². The summed E-state index contributed by atoms with van der Waals surface area (Å²) in [5.74, 6) is 1.69. The van der Waals surface area contributed by atoms with Crippen LogP contribution in [0.25, 0.3) is 22.6 Å². The van der Waals surface area contributed by atoms with Crippen LogP contribution in [0.15, 0.2) is 48.5 Å². The number of amides is 1. The van der Waals surface area contributed by atoms with Crippen molar-refractivity contribution in [1.82, 2.24) is 24.8 Å². The summed E-state index contributed by atoms with van der Waals surface area (Å²) in [4.78, 5) is 33.3. The number of hydrogen-bond acceptors (Lipinski definition) is 7. The average Bonchev–Trinajstić information content (AvgIpc) is 3.24. The summed E-state index contributed by atoms with van der Waals surface area (Å²) >= 11 is 5.93. The summed E-state index contributed by atoms with van der Waals surface area (Å²) in [5.41, 5.74) is 8.88. The molecule has 0 radical (unpaired) electrons. The molecule has 5 rings (SSSR count). The highest BCUT2D eigenvalue weighted by molar-refractivity contribution is 6.30. The van der Waals surface area contributed by atoms with Crippen LogP contribution < -0.4 is 10.6 Å². The van der Waals surface area contributed by atoms with Crippen molar-refractivity contribution < 1.29 is 9.90 Å². The van der Waals surface area contributed by atoms with Crippen molar-refractivity contribution in [2.45, 2.75) is 6.42 Å². The Balaban J connectivity index is 1.33. The summed E-state index contributed by atoms with van der Waals surface area (Å²) in [5, 5.41) is 10.2. The molecule has 3 heterocycles. The van der Waals surface area contributed by atoms with Crippen LogP contribution in [-0.4, -0.2) is 62.0 Å². The Hall–Kier alpha value is -3.85. The van der Waals surface area contributed by atoms with Gasteiger partial charge in [-0.1, -0.05) is 23.7 Å². The number of phenols is 1. The lowest BCUT2D eigenvalue weighted by atomic mass is 10.1. The average molecular weight is 464 g/mol. The molecule has 168 valence electrons. The van der Waals surface area contributed by atoms with Crippen molar-refractivity contribution in [3.63, 3.8) is 0 Å². The molecule has 33 heavy (non-hydrogen) atoms. The van der Waals surface area contributed by atoms with E-state index in [1.54, 1.807) is 36.4 Å². The van der Waals surface area contributed by atoms with Crippen LogP contribution in [0.1, 0.15) is 5.56 Å². The van der Waals surface area contributed by atoms with E-state index >= 15 is 0 Å². The van der Waals surface area contributed by atoms with E-state index < -0.39 is 0 Å². The zero-order chi connectivity index (χ0) is 22.9. The number of aromatic nitrogens is 4. The van der Waals surface area contributed by atoms with E-state index in [4.69, 9.17) is 17.3 Å². The standard InChI is InChI=1S/C23H22ClN7O2/c24-16-5-1-14(2-6-16)13-18(33)30-9-11-31(12-10-30)22-19-21(28-23(25)29-22)27-20(26-19)15-3-7-17(32)8-4-15/h1-8,32H,9-13H2,(H3,25,26,27,28,29). The molecule has 1 aliphatic rings. The van der Waals surface area contributed by atoms with Gasteiger partial charge >= 0.3 is 0 Å². The van der Waals surface area contributed by atoms with Crippen LogP contribution in [0.2, 0.25) is 5.02 Å². The molecule has 4 N–H and O–H groups in total. The zero-order valence-electron chi connectivity index (χ0n) is 17.7. The summed E-state index contributed by atoms with van der Waals surface area (Å²) in [6, 6.07) is 14.1. The number of hydrogen-bond donors (Lipinski definition) is 3. The first-order valence-corrected chi connectivity index (χ1v) is 10.9. The molecule has 0 unspecified atom stereocenters. The molecule has 4 aromatic rings. The van der Waals surface area contributed by atoms with Crippen molar-refractivity contribution in [3.8, 4) is 17.1 Å². The highest BCUT2D eigenvalue weighted by Crippen LogP contribution is 2.28. The van der Waals surface area contributed by atoms with Gasteiger partial charge in [-0.2, -0.15) is 9.97 Å². The van der Waals surface area contributed by atoms with Gasteiger partial charge in [0.1, 0.15) is 17.1 Å². The Morgan fingerprint density at radius 3 is 2.39 bits per heavy atom. The van der Waals surface area contributed by atoms with Gasteiger partial charge in [0, 0.05) is 36.8 Å². The summed E-state index contributed by atoms with van der Waals surface area (Å²) in [6.07, 6.45) is 0.346. The molecule has 0 aliphatic carbocycles. The number of nitrogens with one attached hydrogen (secondary N) is 1. The predicted octanol–water partition coefficient (Wildman–Crippen LogP) is 2.85. The van der Waals surface area contributed by atoms with E-state index in [0.717, 1.165) is 11.1 Å². The first kappa shape index (κ1) is 21.0. The van der Waals surface area contributed by atoms with Crippen LogP contribution in [-0.2, 0) is 11.2 Å². The zero-order valence-corrected chi connectivity index (χ0v) is 18.5. The lowest BCUT2D eigenvalue weighted by molar-refractivity contribution is -0.130. The van der Waals surface area contributed by atoms with E-state index in [2.05, 4.69) is 24.8 Å². The van der Waals surface area contributed by atoms with Crippen molar-refractivity contribution in [2.75, 3.05) is 36.8 Å². The number of rotatable bonds is 4. The number of carbonyl (C=O) groups excluding carboxylic acids is 1. The monoisotopic (exact) mass is 463 g/mol. The maximum absolute atomic E-state index is 12.7. The second kappa shape index (κ2) is 8.59. The topological polar surface area (TPSA) is 124 Å². The molecule has 2 aromatic heterocycles. The first-order valence-electron chi connectivity index (χ1n) is 10.6. The molecular weight excluding hydrogens is 442 g/mol. The minimum Gasteiger partial charge on any atom is -0.508 e. The second-order valence-corrected chi connectivity index (χ2v) is 8.34. The van der Waals surface area contributed by atoms with E-state index in [-0.39, 0.29) is 17.6 Å². The Morgan fingerprint density at radius 2 is 1.70 bits per heavy atom. The molecule has 1 aliphatic heterocycles. The maximum atomic E-state index is 12.7. The molecule has 0 spiro atoms. The molecule has 0 bridgehead atoms. The normalized spacial score (nSPS) is 14.1. The number of anilines is 2. The summed E-state index contributed by atoms with van der Waals surface area (Å²) in [6.45, 7) is 2.39. The lowest BCUT2D eigenvalue weighted by Gasteiger charge is -2.35. The molecule has 1 amide bonds. The van der Waals surface area contributed by atoms with E-state index in [0.29, 0.717) is 60.4 Å². The van der Waals surface area contributed by atoms with Crippen molar-refractivity contribution >= 4 is 40.4 Å². The fourth-order valence-corrected chi connectivity index (χ4v) is 4.07. The van der Waals surface area contributed by atoms with Gasteiger partial charge in [-0.25, -0.2) is 4.98 Å². The van der Waals surface area contributed by atoms with Crippen molar-refractivity contribution in [2.24, 2.45) is 0 Å². The number of carbonyl (C=O) groups is 1. The predicted molar refractivity (Wildman–Crippen MR) is 127 cm³/mol. The number of phenolic OH excluding ortho intramolecular Hbond substituents is 1. The van der Waals surface area contributed by atoms with Gasteiger partial charge < -0.3 is 25.6 Å². The first-order chi connectivity index (χ1) is 16.0. The number of benzene rings is 2. The number of imidazole rings is 1. The minimum atomic E-state index is 0.0838. The molecule has 1 fully saturated rings. The fraction of sp³-hybridized carbons (Fsp3) is 0.217. The number of nitrogens with zero attached hydrogens (tertiary/aromatic N) is 5. The number of aromatic hydroxyl groups is 1. The maximum Gasteiger partial charge on any atom is 0.227 e. The Kier molecular flexibility index (Phi) is 5.47. The molecule has 0 saturated carbocycles. The Bertz CT molecular complexity index is 1300. The van der Waals surface area contributed by atoms with Crippen LogP contribution in [0.4, 0.5) is 11.8 Å². The van der Waals surface area contributed by atoms with Crippen LogP contribution in [0.5, 0.6) is 5.75 Å². The minimum absolute atomic E-state index is 0.0838. The highest BCUT2D eigenvalue weighted by Gasteiger charge is 2.25. The highest BCUT2D eigenvalue weighted by atomic mass is 35.5. The third-order valence-corrected chi connectivity index (χ3v) is 5.94. The van der Waals surface area contributed by atoms with Crippen LogP contribution >= 0.6 is 11.6 Å². The van der Waals surface area contributed by atoms with Gasteiger partial charge in [-0.3, -0.25) is 4.79 Å². The number of halogens is 1. The van der Waals surface area contributed by atoms with Gasteiger partial charge in [0.15, 0.2) is 11.5 Å². The number of nitrogens with two attached hydrogens (primary N) is 1. The van der Waals surface area contributed by atoms with Gasteiger partial charge in [0.05, 0.1) is 6.42 Å². The van der Waals surface area contributed by atoms with Crippen molar-refractivity contribution in [1.29, 1.82) is 0 Å². The van der Waals surface area contributed by atoms with Gasteiger partial charge in [-0.05, 0) is 42.0 Å². The fourth-order valence-electron chi connectivity index (χ4n) is 3.94. The third-order valence-electron chi connectivity index (χ3n) is 5.69. The molecule has 10 heteroatoms. The van der Waals surface area contributed by atoms with E-state index in [1.807, 2.05) is 17.0 Å². The largest absolute Gasteiger partial charge is 0.508 e. The van der Waals surface area contributed by atoms with E-state index in [1.165, 1.54) is 0 Å². The smallest absolute Gasteiger partial charge is 0.227 e. The van der Waals surface area contributed by atoms with Crippen LogP contribution in [0.3, 0.4) is 0 Å². The number of nitrogen functional groups attached to an aromatic ring is 1. The molecule has 9 nitrogen and oxygen atoms in total. The summed E-state index contributed by atoms with van der Waals surface area (Å²) in [7, 11) is 0. The number of piperazine rings is 1. The molecule has 0 atom stereocenters. The van der Waals surface area contributed by atoms with Gasteiger partial charge in [0.25, 0.3) is 0 Å². The van der Waals surface area contributed by atoms with Gasteiger partial charge in [0.2, 0.25) is 11.9 Å². The number of aromatic amines is 1. The number of fused-ring (bicyclic) bond motifs is 1. The third kappa shape index (κ3) is 4.40. The van der Waals surface area contributed by atoms with Crippen molar-refractivity contribution in [3.05, 3.63) is 59.1 Å². The van der Waals surface area contributed by atoms with E-state index in [9.17, 15) is 9.90 Å². The second-order valence-electron chi connectivity index (χ2n) is 7.91. The molecule has 1 saturated heterocycles. The molecule has 2 aromatic carbocycles. The quantitative estimate of drug-likeness (QED) is 0.425. The Morgan fingerprint density at radius 1 is 1.00 bits per heavy atom.